The van der Waals surface area contributed by atoms with E-state index in [4.69, 9.17) is 26.1 Å². The van der Waals surface area contributed by atoms with Crippen molar-refractivity contribution in [3.8, 4) is 11.5 Å². The average Bonchev–Trinajstić information content (AvgIpc) is 3.80. The van der Waals surface area contributed by atoms with E-state index in [1.165, 1.54) is 66.9 Å². The number of rotatable bonds is 9. The maximum atomic E-state index is 15.5. The number of hydrogen-bond donors (Lipinski definition) is 1. The lowest BCUT2D eigenvalue weighted by molar-refractivity contribution is -0.136. The monoisotopic (exact) mass is 766 g/mol. The highest BCUT2D eigenvalue weighted by molar-refractivity contribution is 7.11. The Morgan fingerprint density at radius 3 is 2.49 bits per heavy atom. The normalized spacial score (nSPS) is 18.8. The number of fused-ring (bicyclic) bond motifs is 1. The van der Waals surface area contributed by atoms with Crippen molar-refractivity contribution in [2.75, 3.05) is 51.8 Å². The fourth-order valence-electron chi connectivity index (χ4n) is 6.53. The number of aromatic nitrogens is 1. The van der Waals surface area contributed by atoms with Gasteiger partial charge in [0.1, 0.15) is 17.6 Å². The molecule has 17 heteroatoms. The molecule has 0 spiro atoms. The minimum atomic E-state index is -0.929. The number of nitrogens with zero attached hydrogens (tertiary/aromatic N) is 5. The van der Waals surface area contributed by atoms with Crippen LogP contribution in [0.5, 0.6) is 11.5 Å². The molecule has 1 unspecified atom stereocenters. The molecule has 53 heavy (non-hydrogen) atoms. The van der Waals surface area contributed by atoms with E-state index in [-0.39, 0.29) is 58.5 Å². The van der Waals surface area contributed by atoms with Crippen molar-refractivity contribution in [1.29, 1.82) is 0 Å². The summed E-state index contributed by atoms with van der Waals surface area (Å²) in [7, 11) is 2.43. The van der Waals surface area contributed by atoms with Crippen molar-refractivity contribution in [3.63, 3.8) is 0 Å². The predicted molar refractivity (Wildman–Crippen MR) is 189 cm³/mol. The number of amidine groups is 1. The Bertz CT molecular complexity index is 2170. The van der Waals surface area contributed by atoms with Crippen LogP contribution in [0.4, 0.5) is 23.7 Å². The topological polar surface area (TPSA) is 126 Å². The second-order valence-electron chi connectivity index (χ2n) is 12.2. The van der Waals surface area contributed by atoms with E-state index in [0.717, 1.165) is 18.2 Å². The number of carbonyl (C=O) groups excluding carboxylic acids is 3. The maximum Gasteiger partial charge on any atom is 0.338 e. The Kier molecular flexibility index (Phi) is 10.1. The predicted octanol–water partition coefficient (Wildman–Crippen LogP) is 5.94. The molecule has 7 rings (SSSR count). The van der Waals surface area contributed by atoms with Gasteiger partial charge in [0.05, 0.1) is 37.1 Å². The number of esters is 2. The van der Waals surface area contributed by atoms with Crippen molar-refractivity contribution in [2.24, 2.45) is 4.99 Å². The third-order valence-electron chi connectivity index (χ3n) is 9.03. The van der Waals surface area contributed by atoms with Gasteiger partial charge in [-0.15, -0.1) is 11.3 Å². The maximum absolute atomic E-state index is 15.5. The molecule has 2 fully saturated rings. The van der Waals surface area contributed by atoms with Crippen LogP contribution in [-0.2, 0) is 14.3 Å². The van der Waals surface area contributed by atoms with Gasteiger partial charge in [0.15, 0.2) is 28.2 Å². The number of carbonyl (C=O) groups is 3. The summed E-state index contributed by atoms with van der Waals surface area (Å²) in [5.41, 5.74) is 1.10. The summed E-state index contributed by atoms with van der Waals surface area (Å²) in [4.78, 5) is 52.8. The molecule has 0 saturated carbocycles. The van der Waals surface area contributed by atoms with Gasteiger partial charge in [-0.05, 0) is 42.5 Å². The molecular formula is C36H30ClF3N6O6S. The lowest BCUT2D eigenvalue weighted by Gasteiger charge is -2.38. The van der Waals surface area contributed by atoms with Crippen LogP contribution in [0.15, 0.2) is 82.4 Å². The largest absolute Gasteiger partial charge is 0.466 e. The number of aliphatic imine (C=N–C) groups is 1. The number of methoxy groups -OCH3 is 2. The first-order valence-electron chi connectivity index (χ1n) is 16.2. The number of benzene rings is 3. The molecular weight excluding hydrogens is 737 g/mol. The highest BCUT2D eigenvalue weighted by atomic mass is 35.5. The number of nitrogens with one attached hydrogen (secondary N) is 1. The van der Waals surface area contributed by atoms with Gasteiger partial charge in [-0.2, -0.15) is 0 Å². The smallest absolute Gasteiger partial charge is 0.338 e. The molecule has 4 heterocycles. The molecule has 274 valence electrons. The molecule has 2 amide bonds. The molecule has 1 aromatic heterocycles. The molecule has 0 bridgehead atoms. The fraction of sp³-hybridized carbons (Fsp3) is 0.250. The Balaban J connectivity index is 1.10. The van der Waals surface area contributed by atoms with Gasteiger partial charge in [-0.25, -0.2) is 32.5 Å². The molecule has 3 aromatic carbocycles. The summed E-state index contributed by atoms with van der Waals surface area (Å²) in [5, 5.41) is 5.71. The molecule has 2 saturated heterocycles. The van der Waals surface area contributed by atoms with E-state index in [1.54, 1.807) is 16.5 Å². The van der Waals surface area contributed by atoms with Crippen molar-refractivity contribution in [3.05, 3.63) is 116 Å². The molecule has 0 aliphatic carbocycles. The van der Waals surface area contributed by atoms with E-state index in [1.807, 2.05) is 0 Å². The van der Waals surface area contributed by atoms with Crippen LogP contribution in [0, 0.1) is 17.5 Å². The number of hydrogen-bond acceptors (Lipinski definition) is 11. The van der Waals surface area contributed by atoms with Crippen LogP contribution >= 0.6 is 22.9 Å². The third kappa shape index (κ3) is 7.17. The van der Waals surface area contributed by atoms with Crippen LogP contribution in [0.3, 0.4) is 0 Å². The Labute approximate surface area is 310 Å². The second kappa shape index (κ2) is 14.9. The van der Waals surface area contributed by atoms with Crippen molar-refractivity contribution in [1.82, 2.24) is 20.1 Å². The zero-order valence-electron chi connectivity index (χ0n) is 28.1. The number of piperazine rings is 1. The van der Waals surface area contributed by atoms with Gasteiger partial charge in [-0.3, -0.25) is 14.8 Å². The molecule has 1 N–H and O–H groups in total. The first-order chi connectivity index (χ1) is 25.5. The minimum Gasteiger partial charge on any atom is -0.466 e. The summed E-state index contributed by atoms with van der Waals surface area (Å²) < 4.78 is 59.5. The lowest BCUT2D eigenvalue weighted by Crippen LogP contribution is -2.53. The van der Waals surface area contributed by atoms with Gasteiger partial charge in [-0.1, -0.05) is 17.7 Å². The van der Waals surface area contributed by atoms with Crippen LogP contribution in [0.2, 0.25) is 5.02 Å². The Hall–Kier alpha value is -5.45. The fourth-order valence-corrected chi connectivity index (χ4v) is 7.39. The van der Waals surface area contributed by atoms with E-state index in [0.29, 0.717) is 41.7 Å². The van der Waals surface area contributed by atoms with Gasteiger partial charge in [0, 0.05) is 66.7 Å². The van der Waals surface area contributed by atoms with Crippen molar-refractivity contribution in [2.45, 2.75) is 12.1 Å². The molecule has 0 radical (unpaired) electrons. The molecule has 4 aromatic rings. The highest BCUT2D eigenvalue weighted by Crippen LogP contribution is 2.38. The number of ether oxygens (including phenoxy) is 3. The van der Waals surface area contributed by atoms with Crippen LogP contribution in [0.1, 0.15) is 27.0 Å². The van der Waals surface area contributed by atoms with Gasteiger partial charge < -0.3 is 24.4 Å². The van der Waals surface area contributed by atoms with Crippen LogP contribution < -0.4 is 15.0 Å². The Morgan fingerprint density at radius 2 is 1.79 bits per heavy atom. The number of halogens is 4. The van der Waals surface area contributed by atoms with Gasteiger partial charge >= 0.3 is 18.0 Å². The SMILES string of the molecule is COC(=O)C1=C(CN2CCN3C(=O)N(c4ccc(Oc5ccc(C(=O)OC)cc5F)cc4F)C[C@@H]3C2)NC(c2nccs2)=NC1c1ccc(F)cc1Cl. The third-order valence-corrected chi connectivity index (χ3v) is 10.1. The average molecular weight is 767 g/mol. The van der Waals surface area contributed by atoms with E-state index >= 15 is 4.39 Å². The zero-order chi connectivity index (χ0) is 37.4. The van der Waals surface area contributed by atoms with E-state index < -0.39 is 35.4 Å². The lowest BCUT2D eigenvalue weighted by atomic mass is 9.95. The van der Waals surface area contributed by atoms with Gasteiger partial charge in [0.25, 0.3) is 0 Å². The number of urea groups is 1. The summed E-state index contributed by atoms with van der Waals surface area (Å²) in [5.74, 6) is -3.34. The van der Waals surface area contributed by atoms with Crippen molar-refractivity contribution >= 4 is 52.4 Å². The zero-order valence-corrected chi connectivity index (χ0v) is 29.7. The quantitative estimate of drug-likeness (QED) is 0.206. The number of amides is 2. The molecule has 3 aliphatic rings. The Morgan fingerprint density at radius 1 is 0.981 bits per heavy atom. The van der Waals surface area contributed by atoms with Crippen LogP contribution in [0.25, 0.3) is 0 Å². The van der Waals surface area contributed by atoms with E-state index in [2.05, 4.69) is 19.9 Å². The first kappa shape index (κ1) is 35.9. The summed E-state index contributed by atoms with van der Waals surface area (Å²) in [6.45, 7) is 1.53. The first-order valence-corrected chi connectivity index (χ1v) is 17.5. The standard InChI is InChI=1S/C36H30ClF3N6O6S/c1-50-34(47)19-3-8-29(26(40)13-19)52-22-5-7-28(25(39)15-22)46-17-21-16-44(10-11-45(21)36(46)49)18-27-30(35(48)51-2)31(23-6-4-20(38)14-24(23)37)43-32(42-27)33-41-9-12-53-33/h3-9,12-15,21,31H,10-11,16-18H2,1-2H3,(H,42,43)/t21-,31?/m0/s1. The summed E-state index contributed by atoms with van der Waals surface area (Å²) >= 11 is 7.82. The molecule has 2 atom stereocenters. The van der Waals surface area contributed by atoms with Crippen LogP contribution in [-0.4, -0.2) is 91.6 Å². The molecule has 12 nitrogen and oxygen atoms in total. The molecule has 3 aliphatic heterocycles. The summed E-state index contributed by atoms with van der Waals surface area (Å²) in [6.07, 6.45) is 1.63. The second-order valence-corrected chi connectivity index (χ2v) is 13.5. The minimum absolute atomic E-state index is 0.00882. The van der Waals surface area contributed by atoms with Gasteiger partial charge in [0.2, 0.25) is 0 Å². The summed E-state index contributed by atoms with van der Waals surface area (Å²) in [6, 6.07) is 9.63. The number of thiazole rings is 1. The van der Waals surface area contributed by atoms with Crippen molar-refractivity contribution < 1.29 is 41.8 Å². The highest BCUT2D eigenvalue weighted by Gasteiger charge is 2.43. The number of anilines is 1. The van der Waals surface area contributed by atoms with E-state index in [9.17, 15) is 23.2 Å².